The van der Waals surface area contributed by atoms with E-state index < -0.39 is 15.3 Å². The van der Waals surface area contributed by atoms with Crippen LogP contribution < -0.4 is 4.72 Å². The highest BCUT2D eigenvalue weighted by Gasteiger charge is 2.18. The Morgan fingerprint density at radius 2 is 2.05 bits per heavy atom. The van der Waals surface area contributed by atoms with E-state index in [1.165, 1.54) is 11.3 Å². The van der Waals surface area contributed by atoms with Gasteiger partial charge in [0, 0.05) is 23.3 Å². The number of anilines is 1. The third-order valence-electron chi connectivity index (χ3n) is 3.17. The Bertz CT molecular complexity index is 850. The molecule has 0 unspecified atom stereocenters. The fraction of sp³-hybridized carbons (Fsp3) is 0.214. The van der Waals surface area contributed by atoms with Crippen molar-refractivity contribution >= 4 is 32.0 Å². The number of rotatable bonds is 4. The maximum absolute atomic E-state index is 12.1. The SMILES string of the molecule is CC(C)S(=O)(=O)Nc1ccccc1-c1cn2ccsc2n1. The van der Waals surface area contributed by atoms with Crippen LogP contribution in [0.15, 0.2) is 42.0 Å². The van der Waals surface area contributed by atoms with Crippen LogP contribution in [0.3, 0.4) is 0 Å². The van der Waals surface area contributed by atoms with Gasteiger partial charge in [-0.05, 0) is 19.9 Å². The summed E-state index contributed by atoms with van der Waals surface area (Å²) in [5.74, 6) is 0. The summed E-state index contributed by atoms with van der Waals surface area (Å²) in [4.78, 5) is 5.41. The second-order valence-corrected chi connectivity index (χ2v) is 8.07. The van der Waals surface area contributed by atoms with Crippen LogP contribution in [-0.4, -0.2) is 23.1 Å². The van der Waals surface area contributed by atoms with Crippen LogP contribution in [0.25, 0.3) is 16.2 Å². The maximum Gasteiger partial charge on any atom is 0.235 e. The summed E-state index contributed by atoms with van der Waals surface area (Å²) in [7, 11) is -3.38. The van der Waals surface area contributed by atoms with Gasteiger partial charge in [-0.25, -0.2) is 13.4 Å². The summed E-state index contributed by atoms with van der Waals surface area (Å²) < 4.78 is 28.7. The van der Waals surface area contributed by atoms with Crippen molar-refractivity contribution in [2.24, 2.45) is 0 Å². The van der Waals surface area contributed by atoms with Crippen molar-refractivity contribution in [3.63, 3.8) is 0 Å². The first-order chi connectivity index (χ1) is 9.97. The second kappa shape index (κ2) is 5.16. The van der Waals surface area contributed by atoms with Gasteiger partial charge in [0.2, 0.25) is 10.0 Å². The lowest BCUT2D eigenvalue weighted by atomic mass is 10.1. The first kappa shape index (κ1) is 14.1. The smallest absolute Gasteiger partial charge is 0.235 e. The van der Waals surface area contributed by atoms with Crippen LogP contribution in [-0.2, 0) is 10.0 Å². The van der Waals surface area contributed by atoms with E-state index in [9.17, 15) is 8.42 Å². The Labute approximate surface area is 127 Å². The number of fused-ring (bicyclic) bond motifs is 1. The molecule has 2 aromatic heterocycles. The molecule has 0 saturated carbocycles. The summed E-state index contributed by atoms with van der Waals surface area (Å²) in [5.41, 5.74) is 2.08. The van der Waals surface area contributed by atoms with E-state index in [0.717, 1.165) is 16.2 Å². The van der Waals surface area contributed by atoms with Crippen molar-refractivity contribution < 1.29 is 8.42 Å². The van der Waals surface area contributed by atoms with Gasteiger partial charge in [0.05, 0.1) is 16.6 Å². The number of nitrogens with one attached hydrogen (secondary N) is 1. The summed E-state index contributed by atoms with van der Waals surface area (Å²) in [6.45, 7) is 3.30. The third-order valence-corrected chi connectivity index (χ3v) is 5.69. The number of thiazole rings is 1. The van der Waals surface area contributed by atoms with Crippen LogP contribution in [0.4, 0.5) is 5.69 Å². The van der Waals surface area contributed by atoms with Gasteiger partial charge in [0.25, 0.3) is 0 Å². The average molecular weight is 321 g/mol. The molecule has 0 bridgehead atoms. The molecule has 0 fully saturated rings. The second-order valence-electron chi connectivity index (χ2n) is 4.96. The molecule has 0 aliphatic rings. The largest absolute Gasteiger partial charge is 0.297 e. The molecule has 0 atom stereocenters. The van der Waals surface area contributed by atoms with E-state index in [-0.39, 0.29) is 0 Å². The lowest BCUT2D eigenvalue weighted by Crippen LogP contribution is -2.22. The molecule has 21 heavy (non-hydrogen) atoms. The fourth-order valence-electron chi connectivity index (χ4n) is 1.92. The zero-order chi connectivity index (χ0) is 15.0. The number of hydrogen-bond acceptors (Lipinski definition) is 4. The number of imidazole rings is 1. The predicted molar refractivity (Wildman–Crippen MR) is 86.2 cm³/mol. The molecule has 3 aromatic rings. The van der Waals surface area contributed by atoms with Gasteiger partial charge in [0.1, 0.15) is 0 Å². The van der Waals surface area contributed by atoms with Crippen molar-refractivity contribution in [2.45, 2.75) is 19.1 Å². The van der Waals surface area contributed by atoms with Gasteiger partial charge in [-0.2, -0.15) is 0 Å². The topological polar surface area (TPSA) is 63.5 Å². The molecule has 1 aromatic carbocycles. The molecule has 110 valence electrons. The molecule has 3 rings (SSSR count). The summed E-state index contributed by atoms with van der Waals surface area (Å²) in [6.07, 6.45) is 3.83. The first-order valence-corrected chi connectivity index (χ1v) is 8.93. The van der Waals surface area contributed by atoms with Crippen molar-refractivity contribution in [1.82, 2.24) is 9.38 Å². The molecular weight excluding hydrogens is 306 g/mol. The van der Waals surface area contributed by atoms with Gasteiger partial charge in [-0.1, -0.05) is 18.2 Å². The number of hydrogen-bond donors (Lipinski definition) is 1. The van der Waals surface area contributed by atoms with Gasteiger partial charge < -0.3 is 0 Å². The lowest BCUT2D eigenvalue weighted by Gasteiger charge is -2.13. The zero-order valence-corrected chi connectivity index (χ0v) is 13.3. The lowest BCUT2D eigenvalue weighted by molar-refractivity contribution is 0.593. The van der Waals surface area contributed by atoms with E-state index >= 15 is 0 Å². The number of aromatic nitrogens is 2. The molecule has 5 nitrogen and oxygen atoms in total. The number of sulfonamides is 1. The minimum atomic E-state index is -3.38. The van der Waals surface area contributed by atoms with Gasteiger partial charge in [0.15, 0.2) is 4.96 Å². The highest BCUT2D eigenvalue weighted by Crippen LogP contribution is 2.29. The highest BCUT2D eigenvalue weighted by molar-refractivity contribution is 7.93. The molecule has 0 saturated heterocycles. The Balaban J connectivity index is 2.06. The Morgan fingerprint density at radius 3 is 2.76 bits per heavy atom. The van der Waals surface area contributed by atoms with Crippen LogP contribution in [0, 0.1) is 0 Å². The van der Waals surface area contributed by atoms with Crippen LogP contribution >= 0.6 is 11.3 Å². The Morgan fingerprint density at radius 1 is 1.29 bits per heavy atom. The average Bonchev–Trinajstić information content (AvgIpc) is 2.99. The molecule has 7 heteroatoms. The number of benzene rings is 1. The van der Waals surface area contributed by atoms with Gasteiger partial charge in [-0.3, -0.25) is 9.12 Å². The quantitative estimate of drug-likeness (QED) is 0.802. The van der Waals surface area contributed by atoms with Crippen molar-refractivity contribution in [3.05, 3.63) is 42.0 Å². The van der Waals surface area contributed by atoms with E-state index in [1.54, 1.807) is 26.0 Å². The summed E-state index contributed by atoms with van der Waals surface area (Å²) in [5, 5.41) is 1.47. The molecule has 1 N–H and O–H groups in total. The summed E-state index contributed by atoms with van der Waals surface area (Å²) >= 11 is 1.54. The minimum Gasteiger partial charge on any atom is -0.297 e. The molecule has 0 aliphatic carbocycles. The first-order valence-electron chi connectivity index (χ1n) is 6.50. The standard InChI is InChI=1S/C14H15N3O2S2/c1-10(2)21(18,19)16-12-6-4-3-5-11(12)13-9-17-7-8-20-14(17)15-13/h3-10,16H,1-2H3. The molecular formula is C14H15N3O2S2. The Hall–Kier alpha value is -1.86. The maximum atomic E-state index is 12.1. The third kappa shape index (κ3) is 2.66. The fourth-order valence-corrected chi connectivity index (χ4v) is 3.34. The van der Waals surface area contributed by atoms with Crippen LogP contribution in [0.5, 0.6) is 0 Å². The van der Waals surface area contributed by atoms with E-state index in [2.05, 4.69) is 9.71 Å². The molecule has 0 amide bonds. The number of para-hydroxylation sites is 1. The number of nitrogens with zero attached hydrogens (tertiary/aromatic N) is 2. The van der Waals surface area contributed by atoms with Crippen molar-refractivity contribution in [2.75, 3.05) is 4.72 Å². The normalized spacial score (nSPS) is 12.1. The minimum absolute atomic E-state index is 0.490. The summed E-state index contributed by atoms with van der Waals surface area (Å²) in [6, 6.07) is 7.30. The van der Waals surface area contributed by atoms with Crippen LogP contribution in [0.1, 0.15) is 13.8 Å². The van der Waals surface area contributed by atoms with E-state index in [1.807, 2.05) is 34.3 Å². The monoisotopic (exact) mass is 321 g/mol. The predicted octanol–water partition coefficient (Wildman–Crippen LogP) is 3.21. The van der Waals surface area contributed by atoms with Gasteiger partial charge >= 0.3 is 0 Å². The molecule has 2 heterocycles. The van der Waals surface area contributed by atoms with Crippen molar-refractivity contribution in [1.29, 1.82) is 0 Å². The zero-order valence-electron chi connectivity index (χ0n) is 11.6. The molecule has 0 spiro atoms. The molecule has 0 aliphatic heterocycles. The van der Waals surface area contributed by atoms with Gasteiger partial charge in [-0.15, -0.1) is 11.3 Å². The van der Waals surface area contributed by atoms with Crippen LogP contribution in [0.2, 0.25) is 0 Å². The van der Waals surface area contributed by atoms with E-state index in [4.69, 9.17) is 0 Å². The molecule has 0 radical (unpaired) electrons. The van der Waals surface area contributed by atoms with Crippen molar-refractivity contribution in [3.8, 4) is 11.3 Å². The highest BCUT2D eigenvalue weighted by atomic mass is 32.2. The Kier molecular flexibility index (Phi) is 3.46. The van der Waals surface area contributed by atoms with E-state index in [0.29, 0.717) is 5.69 Å².